The first-order valence-corrected chi connectivity index (χ1v) is 6.07. The van der Waals surface area contributed by atoms with E-state index in [1.165, 1.54) is 0 Å². The highest BCUT2D eigenvalue weighted by Crippen LogP contribution is 2.37. The standard InChI is InChI=1S/C15H22O2/c1-7-12(16)13-10(3)9(2)8-11(14(13)17)15(4,5)6/h8,17H,7H2,1-6H3. The topological polar surface area (TPSA) is 37.3 Å². The van der Waals surface area contributed by atoms with Gasteiger partial charge in [0.2, 0.25) is 0 Å². The fourth-order valence-electron chi connectivity index (χ4n) is 1.99. The van der Waals surface area contributed by atoms with Crippen molar-refractivity contribution in [3.8, 4) is 5.75 Å². The molecule has 0 aliphatic rings. The number of phenols is 1. The van der Waals surface area contributed by atoms with E-state index in [0.717, 1.165) is 16.7 Å². The molecular formula is C15H22O2. The van der Waals surface area contributed by atoms with Crippen LogP contribution in [0.15, 0.2) is 6.07 Å². The van der Waals surface area contributed by atoms with Crippen LogP contribution in [0.4, 0.5) is 0 Å². The van der Waals surface area contributed by atoms with Gasteiger partial charge in [-0.15, -0.1) is 0 Å². The Morgan fingerprint density at radius 2 is 1.82 bits per heavy atom. The molecule has 1 aromatic carbocycles. The first-order chi connectivity index (χ1) is 7.70. The van der Waals surface area contributed by atoms with Crippen molar-refractivity contribution in [3.63, 3.8) is 0 Å². The minimum absolute atomic E-state index is 0.00852. The van der Waals surface area contributed by atoms with Gasteiger partial charge in [0.05, 0.1) is 5.56 Å². The van der Waals surface area contributed by atoms with Gasteiger partial charge in [-0.2, -0.15) is 0 Å². The third-order valence-corrected chi connectivity index (χ3v) is 3.23. The Labute approximate surface area is 104 Å². The highest BCUT2D eigenvalue weighted by molar-refractivity contribution is 6.00. The number of hydrogen-bond acceptors (Lipinski definition) is 2. The third kappa shape index (κ3) is 2.51. The number of carbonyl (C=O) groups excluding carboxylic acids is 1. The van der Waals surface area contributed by atoms with Gasteiger partial charge in [-0.1, -0.05) is 33.8 Å². The number of rotatable bonds is 2. The van der Waals surface area contributed by atoms with Crippen LogP contribution >= 0.6 is 0 Å². The quantitative estimate of drug-likeness (QED) is 0.788. The average Bonchev–Trinajstić information content (AvgIpc) is 2.21. The number of Topliss-reactive ketones (excluding diaryl/α,β-unsaturated/α-hetero) is 1. The molecule has 0 saturated carbocycles. The summed E-state index contributed by atoms with van der Waals surface area (Å²) in [5.41, 5.74) is 3.13. The van der Waals surface area contributed by atoms with E-state index in [-0.39, 0.29) is 16.9 Å². The molecule has 0 aliphatic heterocycles. The van der Waals surface area contributed by atoms with Crippen molar-refractivity contribution in [1.82, 2.24) is 0 Å². The lowest BCUT2D eigenvalue weighted by Gasteiger charge is -2.24. The van der Waals surface area contributed by atoms with E-state index in [1.807, 2.05) is 47.6 Å². The molecule has 0 spiro atoms. The zero-order chi connectivity index (χ0) is 13.4. The van der Waals surface area contributed by atoms with E-state index in [4.69, 9.17) is 0 Å². The second-order valence-corrected chi connectivity index (χ2v) is 5.62. The number of carbonyl (C=O) groups is 1. The Morgan fingerprint density at radius 3 is 2.24 bits per heavy atom. The van der Waals surface area contributed by atoms with Crippen LogP contribution in [0.2, 0.25) is 0 Å². The molecule has 0 unspecified atom stereocenters. The highest BCUT2D eigenvalue weighted by Gasteiger charge is 2.24. The van der Waals surface area contributed by atoms with E-state index < -0.39 is 0 Å². The van der Waals surface area contributed by atoms with Crippen LogP contribution in [0.3, 0.4) is 0 Å². The number of phenolic OH excluding ortho intramolecular Hbond substituents is 1. The molecule has 0 aliphatic carbocycles. The molecule has 2 nitrogen and oxygen atoms in total. The molecule has 94 valence electrons. The SMILES string of the molecule is CCC(=O)c1c(C)c(C)cc(C(C)(C)C)c1O. The summed E-state index contributed by atoms with van der Waals surface area (Å²) in [6.45, 7) is 11.8. The fourth-order valence-corrected chi connectivity index (χ4v) is 1.99. The molecule has 1 aromatic rings. The van der Waals surface area contributed by atoms with Gasteiger partial charge in [0, 0.05) is 12.0 Å². The summed E-state index contributed by atoms with van der Waals surface area (Å²) in [5, 5.41) is 10.3. The van der Waals surface area contributed by atoms with Crippen molar-refractivity contribution >= 4 is 5.78 Å². The first kappa shape index (κ1) is 13.8. The van der Waals surface area contributed by atoms with Crippen LogP contribution in [0, 0.1) is 13.8 Å². The van der Waals surface area contributed by atoms with Crippen molar-refractivity contribution in [1.29, 1.82) is 0 Å². The number of hydrogen-bond donors (Lipinski definition) is 1. The van der Waals surface area contributed by atoms with Crippen LogP contribution < -0.4 is 0 Å². The fraction of sp³-hybridized carbons (Fsp3) is 0.533. The average molecular weight is 234 g/mol. The lowest BCUT2D eigenvalue weighted by Crippen LogP contribution is -2.15. The second kappa shape index (κ2) is 4.52. The maximum atomic E-state index is 11.9. The number of benzene rings is 1. The predicted molar refractivity (Wildman–Crippen MR) is 70.9 cm³/mol. The van der Waals surface area contributed by atoms with E-state index in [9.17, 15) is 9.90 Å². The second-order valence-electron chi connectivity index (χ2n) is 5.62. The molecule has 0 bridgehead atoms. The summed E-state index contributed by atoms with van der Waals surface area (Å²) >= 11 is 0. The van der Waals surface area contributed by atoms with Crippen molar-refractivity contribution < 1.29 is 9.90 Å². The zero-order valence-electron chi connectivity index (χ0n) is 11.6. The van der Waals surface area contributed by atoms with E-state index in [2.05, 4.69) is 0 Å². The molecule has 17 heavy (non-hydrogen) atoms. The van der Waals surface area contributed by atoms with Crippen LogP contribution in [-0.2, 0) is 5.41 Å². The maximum absolute atomic E-state index is 11.9. The molecule has 0 heterocycles. The molecule has 1 N–H and O–H groups in total. The van der Waals surface area contributed by atoms with Crippen LogP contribution in [0.5, 0.6) is 5.75 Å². The van der Waals surface area contributed by atoms with E-state index in [1.54, 1.807) is 0 Å². The molecule has 1 rings (SSSR count). The predicted octanol–water partition coefficient (Wildman–Crippen LogP) is 3.90. The Hall–Kier alpha value is -1.31. The Bertz CT molecular complexity index is 451. The number of aryl methyl sites for hydroxylation is 1. The molecule has 0 saturated heterocycles. The summed E-state index contributed by atoms with van der Waals surface area (Å²) in [4.78, 5) is 11.9. The first-order valence-electron chi connectivity index (χ1n) is 6.07. The number of aromatic hydroxyl groups is 1. The van der Waals surface area contributed by atoms with Crippen LogP contribution in [-0.4, -0.2) is 10.9 Å². The third-order valence-electron chi connectivity index (χ3n) is 3.23. The molecule has 0 atom stereocenters. The molecule has 0 radical (unpaired) electrons. The van der Waals surface area contributed by atoms with Gasteiger partial charge in [-0.05, 0) is 30.4 Å². The smallest absolute Gasteiger partial charge is 0.166 e. The highest BCUT2D eigenvalue weighted by atomic mass is 16.3. The van der Waals surface area contributed by atoms with E-state index >= 15 is 0 Å². The maximum Gasteiger partial charge on any atom is 0.166 e. The van der Waals surface area contributed by atoms with Gasteiger partial charge in [0.1, 0.15) is 5.75 Å². The Balaban J connectivity index is 3.60. The molecule has 0 aromatic heterocycles. The van der Waals surface area contributed by atoms with Gasteiger partial charge in [-0.3, -0.25) is 4.79 Å². The van der Waals surface area contributed by atoms with Crippen molar-refractivity contribution in [3.05, 3.63) is 28.3 Å². The minimum Gasteiger partial charge on any atom is -0.507 e. The van der Waals surface area contributed by atoms with Crippen LogP contribution in [0.1, 0.15) is 61.2 Å². The van der Waals surface area contributed by atoms with Crippen molar-refractivity contribution in [2.75, 3.05) is 0 Å². The summed E-state index contributed by atoms with van der Waals surface area (Å²) in [6.07, 6.45) is 0.418. The minimum atomic E-state index is -0.161. The number of ketones is 1. The van der Waals surface area contributed by atoms with Gasteiger partial charge >= 0.3 is 0 Å². The molecule has 0 fully saturated rings. The normalized spacial score (nSPS) is 11.6. The lowest BCUT2D eigenvalue weighted by atomic mass is 9.82. The Morgan fingerprint density at radius 1 is 1.29 bits per heavy atom. The largest absolute Gasteiger partial charge is 0.507 e. The van der Waals surface area contributed by atoms with Gasteiger partial charge in [0.15, 0.2) is 5.78 Å². The summed E-state index contributed by atoms with van der Waals surface area (Å²) in [5.74, 6) is 0.168. The van der Waals surface area contributed by atoms with Crippen molar-refractivity contribution in [2.45, 2.75) is 53.4 Å². The zero-order valence-corrected chi connectivity index (χ0v) is 11.6. The molecule has 2 heteroatoms. The summed E-state index contributed by atoms with van der Waals surface area (Å²) < 4.78 is 0. The summed E-state index contributed by atoms with van der Waals surface area (Å²) in [6, 6.07) is 1.98. The molecular weight excluding hydrogens is 212 g/mol. The summed E-state index contributed by atoms with van der Waals surface area (Å²) in [7, 11) is 0. The van der Waals surface area contributed by atoms with Gasteiger partial charge < -0.3 is 5.11 Å². The van der Waals surface area contributed by atoms with Crippen molar-refractivity contribution in [2.24, 2.45) is 0 Å². The molecule has 0 amide bonds. The van der Waals surface area contributed by atoms with Crippen LogP contribution in [0.25, 0.3) is 0 Å². The van der Waals surface area contributed by atoms with E-state index in [0.29, 0.717) is 12.0 Å². The monoisotopic (exact) mass is 234 g/mol. The van der Waals surface area contributed by atoms with Gasteiger partial charge in [0.25, 0.3) is 0 Å². The Kier molecular flexibility index (Phi) is 3.65. The van der Waals surface area contributed by atoms with Gasteiger partial charge in [-0.25, -0.2) is 0 Å². The lowest BCUT2D eigenvalue weighted by molar-refractivity contribution is 0.0984.